The minimum atomic E-state index is -4.77. The van der Waals surface area contributed by atoms with Gasteiger partial charge in [-0.1, -0.05) is 0 Å². The Kier molecular flexibility index (Phi) is 4.17. The third kappa shape index (κ3) is 2.93. The molecule has 0 aliphatic carbocycles. The second-order valence-corrected chi connectivity index (χ2v) is 6.29. The molecule has 2 aromatic rings. The summed E-state index contributed by atoms with van der Waals surface area (Å²) in [5.41, 5.74) is -1.05. The van der Waals surface area contributed by atoms with Crippen molar-refractivity contribution in [3.63, 3.8) is 0 Å². The van der Waals surface area contributed by atoms with Gasteiger partial charge in [-0.25, -0.2) is 14.5 Å². The van der Waals surface area contributed by atoms with Crippen LogP contribution in [-0.2, 0) is 13.8 Å². The van der Waals surface area contributed by atoms with Gasteiger partial charge < -0.3 is 29.9 Å². The number of aliphatic hydroxyl groups is 2. The summed E-state index contributed by atoms with van der Waals surface area (Å²) in [6.07, 6.45) is -3.51. The van der Waals surface area contributed by atoms with Crippen LogP contribution in [0.2, 0.25) is 0 Å². The Morgan fingerprint density at radius 2 is 1.96 bits per heavy atom. The molecule has 1 aliphatic rings. The fourth-order valence-corrected chi connectivity index (χ4v) is 2.70. The third-order valence-electron chi connectivity index (χ3n) is 3.49. The molecule has 1 aliphatic heterocycles. The molecule has 0 spiro atoms. The molecule has 1 fully saturated rings. The molecular weight excluding hydrogens is 351 g/mol. The van der Waals surface area contributed by atoms with E-state index < -0.39 is 44.5 Å². The van der Waals surface area contributed by atoms with E-state index in [1.807, 2.05) is 0 Å². The first-order valence-electron chi connectivity index (χ1n) is 6.54. The molecule has 14 heteroatoms. The van der Waals surface area contributed by atoms with Crippen molar-refractivity contribution < 1.29 is 39.0 Å². The maximum absolute atomic E-state index is 11.7. The lowest BCUT2D eigenvalue weighted by Crippen LogP contribution is -2.33. The van der Waals surface area contributed by atoms with Crippen LogP contribution in [0.4, 0.5) is 0 Å². The smallest absolute Gasteiger partial charge is 0.424 e. The van der Waals surface area contributed by atoms with Crippen LogP contribution in [0.15, 0.2) is 17.4 Å². The second kappa shape index (κ2) is 5.89. The topological polar surface area (TPSA) is 189 Å². The standard InChI is InChI=1S/C10H13N4O9P/c15-6-4(1-22-24(19,20)21)23-10(7(6)16)13-2-11-5-8(13)12-3-14(18)9(5)17/h2-4,6-7,10,15-16,18H,1H2,(H2,19,20,21)/t4-,6-,7-,10-/m1/s1. The second-order valence-electron chi connectivity index (χ2n) is 5.05. The number of aromatic nitrogens is 4. The molecule has 0 radical (unpaired) electrons. The average molecular weight is 364 g/mol. The molecule has 24 heavy (non-hydrogen) atoms. The van der Waals surface area contributed by atoms with Gasteiger partial charge in [-0.05, 0) is 0 Å². The van der Waals surface area contributed by atoms with Crippen LogP contribution in [0, 0.1) is 0 Å². The largest absolute Gasteiger partial charge is 0.469 e. The molecule has 132 valence electrons. The zero-order valence-electron chi connectivity index (χ0n) is 11.8. The fraction of sp³-hybridized carbons (Fsp3) is 0.500. The molecule has 0 unspecified atom stereocenters. The lowest BCUT2D eigenvalue weighted by atomic mass is 10.1. The number of imidazole rings is 1. The number of phosphoric ester groups is 1. The molecule has 3 rings (SSSR count). The SMILES string of the molecule is O=c1c2ncn([C@@H]3O[C@H](COP(=O)(O)O)[C@@H](O)[C@H]3O)c2ncn1O. The summed E-state index contributed by atoms with van der Waals surface area (Å²) in [6, 6.07) is 0. The minimum absolute atomic E-state index is 0.0156. The van der Waals surface area contributed by atoms with Gasteiger partial charge in [0.2, 0.25) is 0 Å². The summed E-state index contributed by atoms with van der Waals surface area (Å²) in [4.78, 5) is 36.7. The number of aliphatic hydroxyl groups excluding tert-OH is 2. The summed E-state index contributed by atoms with van der Waals surface area (Å²) in [5.74, 6) is 0. The van der Waals surface area contributed by atoms with Crippen LogP contribution in [0.3, 0.4) is 0 Å². The van der Waals surface area contributed by atoms with Gasteiger partial charge in [0.1, 0.15) is 24.6 Å². The fourth-order valence-electron chi connectivity index (χ4n) is 2.36. The lowest BCUT2D eigenvalue weighted by molar-refractivity contribution is -0.0504. The Balaban J connectivity index is 1.89. The quantitative estimate of drug-likeness (QED) is 0.286. The van der Waals surface area contributed by atoms with Crippen molar-refractivity contribution in [1.29, 1.82) is 0 Å². The predicted octanol–water partition coefficient (Wildman–Crippen LogP) is -2.44. The minimum Gasteiger partial charge on any atom is -0.424 e. The number of rotatable bonds is 4. The molecular formula is C10H13N4O9P. The first-order chi connectivity index (χ1) is 11.2. The Labute approximate surface area is 132 Å². The molecule has 0 bridgehead atoms. The Morgan fingerprint density at radius 3 is 2.62 bits per heavy atom. The van der Waals surface area contributed by atoms with E-state index in [4.69, 9.17) is 14.5 Å². The van der Waals surface area contributed by atoms with Crippen molar-refractivity contribution >= 4 is 19.0 Å². The third-order valence-corrected chi connectivity index (χ3v) is 3.97. The first kappa shape index (κ1) is 17.0. The van der Waals surface area contributed by atoms with Crippen LogP contribution in [-0.4, -0.2) is 69.4 Å². The van der Waals surface area contributed by atoms with Crippen molar-refractivity contribution in [2.24, 2.45) is 0 Å². The lowest BCUT2D eigenvalue weighted by Gasteiger charge is -2.16. The number of nitrogens with zero attached hydrogens (tertiary/aromatic N) is 4. The van der Waals surface area contributed by atoms with Crippen LogP contribution in [0.1, 0.15) is 6.23 Å². The average Bonchev–Trinajstić information content (AvgIpc) is 3.04. The highest BCUT2D eigenvalue weighted by Crippen LogP contribution is 2.38. The molecule has 5 N–H and O–H groups in total. The summed E-state index contributed by atoms with van der Waals surface area (Å²) in [5, 5.41) is 29.3. The molecule has 1 saturated heterocycles. The number of phosphoric acid groups is 1. The van der Waals surface area contributed by atoms with Crippen LogP contribution in [0.5, 0.6) is 0 Å². The Morgan fingerprint density at radius 1 is 1.25 bits per heavy atom. The van der Waals surface area contributed by atoms with E-state index >= 15 is 0 Å². The van der Waals surface area contributed by atoms with Crippen molar-refractivity contribution in [2.75, 3.05) is 6.61 Å². The van der Waals surface area contributed by atoms with Gasteiger partial charge in [0.25, 0.3) is 0 Å². The Bertz CT molecular complexity index is 860. The normalized spacial score (nSPS) is 27.8. The zero-order chi connectivity index (χ0) is 17.6. The van der Waals surface area contributed by atoms with Gasteiger partial charge in [0.15, 0.2) is 17.4 Å². The zero-order valence-corrected chi connectivity index (χ0v) is 12.7. The molecule has 2 aromatic heterocycles. The molecule has 13 nitrogen and oxygen atoms in total. The number of ether oxygens (including phenoxy) is 1. The molecule has 4 atom stereocenters. The maximum atomic E-state index is 11.7. The summed E-state index contributed by atoms with van der Waals surface area (Å²) in [6.45, 7) is -0.664. The Hall–Kier alpha value is -1.86. The summed E-state index contributed by atoms with van der Waals surface area (Å²) >= 11 is 0. The van der Waals surface area contributed by atoms with Crippen LogP contribution in [0.25, 0.3) is 11.2 Å². The van der Waals surface area contributed by atoms with E-state index in [0.717, 1.165) is 17.2 Å². The maximum Gasteiger partial charge on any atom is 0.469 e. The van der Waals surface area contributed by atoms with Gasteiger partial charge >= 0.3 is 13.4 Å². The first-order valence-corrected chi connectivity index (χ1v) is 8.07. The van der Waals surface area contributed by atoms with Crippen molar-refractivity contribution in [1.82, 2.24) is 19.3 Å². The van der Waals surface area contributed by atoms with E-state index in [-0.39, 0.29) is 15.9 Å². The van der Waals surface area contributed by atoms with Crippen molar-refractivity contribution in [3.8, 4) is 0 Å². The molecule has 0 amide bonds. The molecule has 0 saturated carbocycles. The van der Waals surface area contributed by atoms with E-state index in [1.165, 1.54) is 0 Å². The van der Waals surface area contributed by atoms with Crippen LogP contribution < -0.4 is 5.56 Å². The number of hydrogen-bond acceptors (Lipinski definition) is 9. The van der Waals surface area contributed by atoms with Gasteiger partial charge in [0.05, 0.1) is 12.9 Å². The van der Waals surface area contributed by atoms with E-state index in [2.05, 4.69) is 14.5 Å². The van der Waals surface area contributed by atoms with E-state index in [1.54, 1.807) is 0 Å². The number of fused-ring (bicyclic) bond motifs is 1. The summed E-state index contributed by atoms with van der Waals surface area (Å²) < 4.78 is 21.7. The van der Waals surface area contributed by atoms with Crippen molar-refractivity contribution in [2.45, 2.75) is 24.5 Å². The van der Waals surface area contributed by atoms with Gasteiger partial charge in [-0.2, -0.15) is 0 Å². The molecule has 0 aromatic carbocycles. The van der Waals surface area contributed by atoms with Gasteiger partial charge in [0, 0.05) is 0 Å². The summed E-state index contributed by atoms with van der Waals surface area (Å²) in [7, 11) is -4.77. The highest BCUT2D eigenvalue weighted by Gasteiger charge is 2.45. The van der Waals surface area contributed by atoms with Crippen molar-refractivity contribution in [3.05, 3.63) is 23.0 Å². The van der Waals surface area contributed by atoms with Gasteiger partial charge in [-0.3, -0.25) is 13.9 Å². The number of hydrogen-bond donors (Lipinski definition) is 5. The highest BCUT2D eigenvalue weighted by atomic mass is 31.2. The predicted molar refractivity (Wildman–Crippen MR) is 72.9 cm³/mol. The monoisotopic (exact) mass is 364 g/mol. The molecule has 3 heterocycles. The van der Waals surface area contributed by atoms with E-state index in [9.17, 15) is 24.8 Å². The van der Waals surface area contributed by atoms with Crippen LogP contribution >= 0.6 is 7.82 Å². The van der Waals surface area contributed by atoms with E-state index in [0.29, 0.717) is 0 Å². The van der Waals surface area contributed by atoms with Gasteiger partial charge in [-0.15, -0.1) is 4.73 Å². The highest BCUT2D eigenvalue weighted by molar-refractivity contribution is 7.46.